The fourth-order valence-electron chi connectivity index (χ4n) is 5.89. The number of hydrogen-bond donors (Lipinski definition) is 2. The van der Waals surface area contributed by atoms with Gasteiger partial charge < -0.3 is 19.7 Å². The number of ether oxygens (including phenoxy) is 1. The molecule has 10 heteroatoms. The molecule has 2 bridgehead atoms. The molecule has 1 aromatic carbocycles. The Kier molecular flexibility index (Phi) is 5.35. The molecule has 0 saturated heterocycles. The normalized spacial score (nSPS) is 28.7. The predicted molar refractivity (Wildman–Crippen MR) is 125 cm³/mol. The van der Waals surface area contributed by atoms with Gasteiger partial charge in [0.1, 0.15) is 11.4 Å². The van der Waals surface area contributed by atoms with Crippen LogP contribution in [0.4, 0.5) is 13.2 Å². The molecule has 3 aliphatic carbocycles. The molecule has 4 aliphatic rings. The predicted octanol–water partition coefficient (Wildman–Crippen LogP) is 5.32. The third-order valence-electron chi connectivity index (χ3n) is 7.65. The zero-order valence-electron chi connectivity index (χ0n) is 19.0. The number of amides is 1. The number of aromatic nitrogens is 2. The molecule has 6 nitrogen and oxygen atoms in total. The van der Waals surface area contributed by atoms with Crippen LogP contribution in [-0.2, 0) is 11.0 Å². The summed E-state index contributed by atoms with van der Waals surface area (Å²) in [5.74, 6) is 0.624. The summed E-state index contributed by atoms with van der Waals surface area (Å²) in [5.41, 5.74) is 0.760. The van der Waals surface area contributed by atoms with E-state index in [0.29, 0.717) is 27.8 Å². The van der Waals surface area contributed by atoms with Crippen LogP contribution < -0.4 is 10.1 Å². The Morgan fingerprint density at radius 2 is 1.97 bits per heavy atom. The van der Waals surface area contributed by atoms with Crippen LogP contribution >= 0.6 is 11.6 Å². The highest BCUT2D eigenvalue weighted by Crippen LogP contribution is 2.58. The molecule has 188 valence electrons. The van der Waals surface area contributed by atoms with Crippen LogP contribution in [0.3, 0.4) is 0 Å². The maximum Gasteiger partial charge on any atom is 0.433 e. The van der Waals surface area contributed by atoms with E-state index in [0.717, 1.165) is 30.9 Å². The van der Waals surface area contributed by atoms with Gasteiger partial charge in [0.15, 0.2) is 6.10 Å². The lowest BCUT2D eigenvalue weighted by atomic mass is 9.76. The summed E-state index contributed by atoms with van der Waals surface area (Å²) in [6.07, 6.45) is 1.62. The summed E-state index contributed by atoms with van der Waals surface area (Å²) < 4.78 is 46.4. The average molecular weight is 518 g/mol. The number of alkyl halides is 3. The standard InChI is InChI=1S/C26H23ClF3N3O3/c27-17-2-3-21-18(7-17)20(34)8-22(36-21)24(35)32-25-9-16(10-25)19(11-25)33-6-5-15(13-33)14-1-4-23(31-12-14)26(28,29)30/h1-7,12-13,16,19-20,22,34H,8-11H2,(H,32,35)/t16?,19?,20-,22+,25?/m1/s1. The third-order valence-corrected chi connectivity index (χ3v) is 7.89. The lowest BCUT2D eigenvalue weighted by molar-refractivity contribution is -0.141. The fourth-order valence-corrected chi connectivity index (χ4v) is 6.08. The molecule has 7 rings (SSSR count). The van der Waals surface area contributed by atoms with Crippen LogP contribution in [0.15, 0.2) is 55.0 Å². The number of halogens is 4. The molecule has 2 N–H and O–H groups in total. The van der Waals surface area contributed by atoms with Crippen molar-refractivity contribution < 1.29 is 27.8 Å². The number of aliphatic hydroxyl groups is 1. The molecule has 3 fully saturated rings. The highest BCUT2D eigenvalue weighted by Gasteiger charge is 2.57. The van der Waals surface area contributed by atoms with Gasteiger partial charge >= 0.3 is 6.18 Å². The van der Waals surface area contributed by atoms with Crippen molar-refractivity contribution in [3.05, 3.63) is 71.3 Å². The SMILES string of the molecule is O=C(NC12CC(C1)C(n1ccc(-c3ccc(C(F)(F)F)nc3)c1)C2)[C@@H]1C[C@@H](O)c2cc(Cl)ccc2O1. The van der Waals surface area contributed by atoms with Crippen molar-refractivity contribution in [2.24, 2.45) is 5.92 Å². The number of nitrogens with one attached hydrogen (secondary N) is 1. The van der Waals surface area contributed by atoms with Gasteiger partial charge in [-0.2, -0.15) is 13.2 Å². The van der Waals surface area contributed by atoms with Crippen LogP contribution in [-0.4, -0.2) is 32.2 Å². The van der Waals surface area contributed by atoms with Gasteiger partial charge in [-0.15, -0.1) is 0 Å². The van der Waals surface area contributed by atoms with Crippen LogP contribution in [0.5, 0.6) is 5.75 Å². The fraction of sp³-hybridized carbons (Fsp3) is 0.385. The van der Waals surface area contributed by atoms with Gasteiger partial charge in [-0.05, 0) is 55.5 Å². The number of hydrogen-bond acceptors (Lipinski definition) is 4. The van der Waals surface area contributed by atoms with Crippen molar-refractivity contribution in [3.63, 3.8) is 0 Å². The number of carbonyl (C=O) groups is 1. The Bertz CT molecular complexity index is 1320. The number of benzene rings is 1. The first kappa shape index (κ1) is 23.4. The summed E-state index contributed by atoms with van der Waals surface area (Å²) in [5, 5.41) is 14.2. The molecule has 2 aromatic heterocycles. The second-order valence-electron chi connectivity index (χ2n) is 10.0. The van der Waals surface area contributed by atoms with Gasteiger partial charge in [-0.1, -0.05) is 17.7 Å². The zero-order valence-corrected chi connectivity index (χ0v) is 19.8. The molecule has 1 amide bonds. The molecule has 3 aromatic rings. The Balaban J connectivity index is 1.11. The van der Waals surface area contributed by atoms with Gasteiger partial charge in [0.2, 0.25) is 0 Å². The first-order valence-corrected chi connectivity index (χ1v) is 12.2. The third kappa shape index (κ3) is 4.04. The van der Waals surface area contributed by atoms with Crippen LogP contribution in [0.25, 0.3) is 11.1 Å². The van der Waals surface area contributed by atoms with Crippen LogP contribution in [0.1, 0.15) is 49.1 Å². The number of rotatable bonds is 4. The minimum absolute atomic E-state index is 0.157. The lowest BCUT2D eigenvalue weighted by Crippen LogP contribution is -2.56. The highest BCUT2D eigenvalue weighted by atomic mass is 35.5. The van der Waals surface area contributed by atoms with E-state index in [9.17, 15) is 23.1 Å². The summed E-state index contributed by atoms with van der Waals surface area (Å²) in [4.78, 5) is 16.6. The van der Waals surface area contributed by atoms with Gasteiger partial charge in [-0.3, -0.25) is 9.78 Å². The summed E-state index contributed by atoms with van der Waals surface area (Å²) in [6.45, 7) is 0. The van der Waals surface area contributed by atoms with E-state index in [4.69, 9.17) is 16.3 Å². The largest absolute Gasteiger partial charge is 0.480 e. The molecule has 0 radical (unpaired) electrons. The quantitative estimate of drug-likeness (QED) is 0.491. The first-order valence-electron chi connectivity index (χ1n) is 11.8. The van der Waals surface area contributed by atoms with Gasteiger partial charge in [0, 0.05) is 58.3 Å². The van der Waals surface area contributed by atoms with Crippen molar-refractivity contribution in [2.75, 3.05) is 0 Å². The maximum atomic E-state index is 13.1. The van der Waals surface area contributed by atoms with Crippen molar-refractivity contribution in [3.8, 4) is 16.9 Å². The van der Waals surface area contributed by atoms with Gasteiger partial charge in [-0.25, -0.2) is 0 Å². The van der Waals surface area contributed by atoms with Gasteiger partial charge in [0.25, 0.3) is 5.91 Å². The average Bonchev–Trinajstić information content (AvgIpc) is 3.52. The van der Waals surface area contributed by atoms with E-state index in [1.807, 2.05) is 18.5 Å². The molecule has 3 heterocycles. The highest BCUT2D eigenvalue weighted by molar-refractivity contribution is 6.30. The first-order chi connectivity index (χ1) is 17.1. The minimum atomic E-state index is -4.47. The van der Waals surface area contributed by atoms with Crippen molar-refractivity contribution >= 4 is 17.5 Å². The van der Waals surface area contributed by atoms with E-state index in [1.54, 1.807) is 18.2 Å². The summed E-state index contributed by atoms with van der Waals surface area (Å²) in [7, 11) is 0. The number of aliphatic hydroxyl groups excluding tert-OH is 1. The maximum absolute atomic E-state index is 13.1. The van der Waals surface area contributed by atoms with Crippen molar-refractivity contribution in [1.82, 2.24) is 14.9 Å². The molecule has 1 unspecified atom stereocenters. The molecular formula is C26H23ClF3N3O3. The lowest BCUT2D eigenvalue weighted by Gasteiger charge is -2.40. The zero-order chi connectivity index (χ0) is 25.2. The second kappa shape index (κ2) is 8.24. The molecule has 36 heavy (non-hydrogen) atoms. The molecular weight excluding hydrogens is 495 g/mol. The van der Waals surface area contributed by atoms with E-state index >= 15 is 0 Å². The number of nitrogens with zero attached hydrogens (tertiary/aromatic N) is 2. The molecule has 3 atom stereocenters. The smallest absolute Gasteiger partial charge is 0.433 e. The van der Waals surface area contributed by atoms with E-state index in [2.05, 4.69) is 14.9 Å². The Hall–Kier alpha value is -3.04. The minimum Gasteiger partial charge on any atom is -0.480 e. The molecule has 3 saturated carbocycles. The van der Waals surface area contributed by atoms with Gasteiger partial charge in [0.05, 0.1) is 6.10 Å². The van der Waals surface area contributed by atoms with Crippen molar-refractivity contribution in [1.29, 1.82) is 0 Å². The Morgan fingerprint density at radius 3 is 2.69 bits per heavy atom. The monoisotopic (exact) mass is 517 g/mol. The van der Waals surface area contributed by atoms with E-state index in [1.165, 1.54) is 12.3 Å². The van der Waals surface area contributed by atoms with Crippen LogP contribution in [0, 0.1) is 5.92 Å². The summed E-state index contributed by atoms with van der Waals surface area (Å²) in [6, 6.07) is 9.44. The van der Waals surface area contributed by atoms with E-state index < -0.39 is 24.1 Å². The van der Waals surface area contributed by atoms with E-state index in [-0.39, 0.29) is 23.9 Å². The topological polar surface area (TPSA) is 76.4 Å². The number of carbonyl (C=O) groups excluding carboxylic acids is 1. The Morgan fingerprint density at radius 1 is 1.17 bits per heavy atom. The van der Waals surface area contributed by atoms with Crippen molar-refractivity contribution in [2.45, 2.75) is 55.6 Å². The Labute approximate surface area is 210 Å². The molecule has 0 spiro atoms. The molecule has 1 aliphatic heterocycles. The number of fused-ring (bicyclic) bond motifs is 2. The summed E-state index contributed by atoms with van der Waals surface area (Å²) >= 11 is 6.01. The second-order valence-corrected chi connectivity index (χ2v) is 10.5. The number of pyridine rings is 1. The van der Waals surface area contributed by atoms with Crippen LogP contribution in [0.2, 0.25) is 5.02 Å².